The van der Waals surface area contributed by atoms with E-state index in [4.69, 9.17) is 11.5 Å². The van der Waals surface area contributed by atoms with E-state index < -0.39 is 23.1 Å². The summed E-state index contributed by atoms with van der Waals surface area (Å²) in [5.41, 5.74) is 9.73. The van der Waals surface area contributed by atoms with Crippen LogP contribution in [0.3, 0.4) is 0 Å². The van der Waals surface area contributed by atoms with Gasteiger partial charge in [-0.05, 0) is 12.1 Å². The van der Waals surface area contributed by atoms with Gasteiger partial charge in [-0.1, -0.05) is 0 Å². The summed E-state index contributed by atoms with van der Waals surface area (Å²) in [5.74, 6) is -2.77. The van der Waals surface area contributed by atoms with Gasteiger partial charge in [0.2, 0.25) is 0 Å². The van der Waals surface area contributed by atoms with E-state index in [1.807, 2.05) is 0 Å². The van der Waals surface area contributed by atoms with Gasteiger partial charge in [-0.3, -0.25) is 4.79 Å². The van der Waals surface area contributed by atoms with Crippen LogP contribution < -0.4 is 11.5 Å². The maximum Gasteiger partial charge on any atom is 0.181 e. The minimum atomic E-state index is -1.14. The van der Waals surface area contributed by atoms with Crippen molar-refractivity contribution in [2.24, 2.45) is 5.73 Å². The number of nitrogen functional groups attached to an aromatic ring is 1. The third kappa shape index (κ3) is 1.81. The van der Waals surface area contributed by atoms with Crippen LogP contribution in [0.15, 0.2) is 12.1 Å². The summed E-state index contributed by atoms with van der Waals surface area (Å²) in [6.45, 7) is -0.259. The highest BCUT2D eigenvalue weighted by atomic mass is 19.2. The Morgan fingerprint density at radius 1 is 1.38 bits per heavy atom. The smallest absolute Gasteiger partial charge is 0.181 e. The molecule has 0 bridgehead atoms. The molecule has 1 aromatic rings. The second-order valence-electron chi connectivity index (χ2n) is 2.49. The number of carbonyl (C=O) groups is 1. The molecule has 0 heterocycles. The molecule has 0 spiro atoms. The van der Waals surface area contributed by atoms with Crippen LogP contribution in [0, 0.1) is 11.6 Å². The number of halogens is 2. The summed E-state index contributed by atoms with van der Waals surface area (Å²) in [5, 5.41) is 0. The molecule has 0 saturated heterocycles. The molecule has 0 aliphatic carbocycles. The van der Waals surface area contributed by atoms with Crippen molar-refractivity contribution in [3.63, 3.8) is 0 Å². The first-order valence-corrected chi connectivity index (χ1v) is 3.54. The van der Waals surface area contributed by atoms with Crippen molar-refractivity contribution >= 4 is 11.5 Å². The van der Waals surface area contributed by atoms with Gasteiger partial charge in [0.25, 0.3) is 0 Å². The molecule has 1 aromatic carbocycles. The Balaban J connectivity index is 3.20. The van der Waals surface area contributed by atoms with E-state index in [2.05, 4.69) is 0 Å². The first kappa shape index (κ1) is 9.60. The van der Waals surface area contributed by atoms with Gasteiger partial charge in [0.1, 0.15) is 0 Å². The highest BCUT2D eigenvalue weighted by Gasteiger charge is 2.11. The fraction of sp³-hybridized carbons (Fsp3) is 0.125. The lowest BCUT2D eigenvalue weighted by atomic mass is 10.1. The molecular weight excluding hydrogens is 178 g/mol. The molecular formula is C8H8F2N2O. The Morgan fingerprint density at radius 2 is 2.00 bits per heavy atom. The molecule has 0 aromatic heterocycles. The second kappa shape index (κ2) is 3.49. The Labute approximate surface area is 73.3 Å². The fourth-order valence-electron chi connectivity index (χ4n) is 0.889. The van der Waals surface area contributed by atoms with E-state index in [-0.39, 0.29) is 12.1 Å². The first-order chi connectivity index (χ1) is 6.06. The first-order valence-electron chi connectivity index (χ1n) is 3.54. The van der Waals surface area contributed by atoms with E-state index in [1.54, 1.807) is 0 Å². The molecule has 3 nitrogen and oxygen atoms in total. The number of hydrogen-bond donors (Lipinski definition) is 2. The van der Waals surface area contributed by atoms with Crippen molar-refractivity contribution in [1.29, 1.82) is 0 Å². The van der Waals surface area contributed by atoms with Crippen LogP contribution in [-0.4, -0.2) is 12.3 Å². The highest BCUT2D eigenvalue weighted by molar-refractivity contribution is 5.98. The van der Waals surface area contributed by atoms with Crippen molar-refractivity contribution in [3.05, 3.63) is 29.3 Å². The monoisotopic (exact) mass is 186 g/mol. The normalized spacial score (nSPS) is 10.1. The van der Waals surface area contributed by atoms with E-state index in [0.717, 1.165) is 12.1 Å². The number of ketones is 1. The molecule has 0 radical (unpaired) electrons. The van der Waals surface area contributed by atoms with Gasteiger partial charge < -0.3 is 11.5 Å². The van der Waals surface area contributed by atoms with Crippen molar-refractivity contribution in [3.8, 4) is 0 Å². The lowest BCUT2D eigenvalue weighted by Crippen LogP contribution is -2.14. The van der Waals surface area contributed by atoms with Gasteiger partial charge in [0, 0.05) is 5.56 Å². The molecule has 70 valence electrons. The zero-order chi connectivity index (χ0) is 10.0. The summed E-state index contributed by atoms with van der Waals surface area (Å²) in [4.78, 5) is 11.0. The Morgan fingerprint density at radius 3 is 2.46 bits per heavy atom. The van der Waals surface area contributed by atoms with Crippen molar-refractivity contribution < 1.29 is 13.6 Å². The predicted molar refractivity (Wildman–Crippen MR) is 44.2 cm³/mol. The third-order valence-corrected chi connectivity index (χ3v) is 1.56. The maximum atomic E-state index is 12.7. The summed E-state index contributed by atoms with van der Waals surface area (Å²) in [7, 11) is 0. The largest absolute Gasteiger partial charge is 0.396 e. The van der Waals surface area contributed by atoms with Crippen LogP contribution in [0.2, 0.25) is 0 Å². The zero-order valence-electron chi connectivity index (χ0n) is 6.68. The lowest BCUT2D eigenvalue weighted by molar-refractivity contribution is 0.100. The molecule has 0 fully saturated rings. The number of Topliss-reactive ketones (excluding diaryl/α,β-unsaturated/α-hetero) is 1. The summed E-state index contributed by atoms with van der Waals surface area (Å²) >= 11 is 0. The van der Waals surface area contributed by atoms with Gasteiger partial charge in [-0.25, -0.2) is 8.78 Å². The third-order valence-electron chi connectivity index (χ3n) is 1.56. The van der Waals surface area contributed by atoms with Crippen molar-refractivity contribution in [2.75, 3.05) is 12.3 Å². The molecule has 13 heavy (non-hydrogen) atoms. The molecule has 0 amide bonds. The van der Waals surface area contributed by atoms with E-state index >= 15 is 0 Å². The van der Waals surface area contributed by atoms with Gasteiger partial charge in [0.15, 0.2) is 17.4 Å². The van der Waals surface area contributed by atoms with Crippen molar-refractivity contribution in [1.82, 2.24) is 0 Å². The van der Waals surface area contributed by atoms with Gasteiger partial charge in [-0.2, -0.15) is 0 Å². The molecule has 1 rings (SSSR count). The van der Waals surface area contributed by atoms with Crippen LogP contribution in [0.5, 0.6) is 0 Å². The standard InChI is InChI=1S/C8H8F2N2O/c9-5-1-4(7(13)3-11)2-6(12)8(5)10/h1-2H,3,11-12H2. The molecule has 0 aliphatic heterocycles. The van der Waals surface area contributed by atoms with Crippen LogP contribution >= 0.6 is 0 Å². The number of benzene rings is 1. The summed E-state index contributed by atoms with van der Waals surface area (Å²) in [6, 6.07) is 1.84. The predicted octanol–water partition coefficient (Wildman–Crippen LogP) is 0.688. The van der Waals surface area contributed by atoms with Crippen LogP contribution in [-0.2, 0) is 0 Å². The Kier molecular flexibility index (Phi) is 2.57. The van der Waals surface area contributed by atoms with Gasteiger partial charge in [-0.15, -0.1) is 0 Å². The number of hydrogen-bond acceptors (Lipinski definition) is 3. The van der Waals surface area contributed by atoms with Gasteiger partial charge >= 0.3 is 0 Å². The van der Waals surface area contributed by atoms with Gasteiger partial charge in [0.05, 0.1) is 12.2 Å². The minimum Gasteiger partial charge on any atom is -0.396 e. The number of anilines is 1. The second-order valence-corrected chi connectivity index (χ2v) is 2.49. The molecule has 0 atom stereocenters. The SMILES string of the molecule is NCC(=O)c1cc(N)c(F)c(F)c1. The average molecular weight is 186 g/mol. The minimum absolute atomic E-state index is 0.0149. The Bertz CT molecular complexity index is 329. The topological polar surface area (TPSA) is 69.1 Å². The quantitative estimate of drug-likeness (QED) is 0.527. The molecule has 5 heteroatoms. The number of carbonyl (C=O) groups excluding carboxylic acids is 1. The van der Waals surface area contributed by atoms with Crippen LogP contribution in [0.4, 0.5) is 14.5 Å². The number of rotatable bonds is 2. The van der Waals surface area contributed by atoms with Crippen molar-refractivity contribution in [2.45, 2.75) is 0 Å². The van der Waals surface area contributed by atoms with E-state index in [0.29, 0.717) is 0 Å². The molecule has 4 N–H and O–H groups in total. The summed E-state index contributed by atoms with van der Waals surface area (Å²) in [6.07, 6.45) is 0. The average Bonchev–Trinajstić information content (AvgIpc) is 2.12. The lowest BCUT2D eigenvalue weighted by Gasteiger charge is -2.01. The number of nitrogens with two attached hydrogens (primary N) is 2. The summed E-state index contributed by atoms with van der Waals surface area (Å²) < 4.78 is 25.3. The zero-order valence-corrected chi connectivity index (χ0v) is 6.68. The maximum absolute atomic E-state index is 12.7. The Hall–Kier alpha value is -1.49. The van der Waals surface area contributed by atoms with E-state index in [1.165, 1.54) is 0 Å². The fourth-order valence-corrected chi connectivity index (χ4v) is 0.889. The molecule has 0 saturated carbocycles. The van der Waals surface area contributed by atoms with E-state index in [9.17, 15) is 13.6 Å². The van der Waals surface area contributed by atoms with Crippen LogP contribution in [0.1, 0.15) is 10.4 Å². The highest BCUT2D eigenvalue weighted by Crippen LogP contribution is 2.16. The molecule has 0 unspecified atom stereocenters. The van der Waals surface area contributed by atoms with Crippen LogP contribution in [0.25, 0.3) is 0 Å². The molecule has 0 aliphatic rings.